The van der Waals surface area contributed by atoms with E-state index in [1.165, 1.54) is 10.4 Å². The van der Waals surface area contributed by atoms with Crippen molar-refractivity contribution >= 4 is 22.9 Å². The molecule has 1 amide bonds. The number of nitrogens with one attached hydrogen (secondary N) is 1. The Balaban J connectivity index is 2.26. The molecule has 0 saturated carbocycles. The van der Waals surface area contributed by atoms with Crippen molar-refractivity contribution in [2.45, 2.75) is 19.9 Å². The molecule has 2 aromatic rings. The second kappa shape index (κ2) is 5.23. The van der Waals surface area contributed by atoms with Crippen LogP contribution in [0.25, 0.3) is 10.4 Å². The molecule has 3 nitrogen and oxygen atoms in total. The monoisotopic (exact) mass is 260 g/mol. The molecule has 1 heterocycles. The molecule has 94 valence electrons. The molecule has 1 unspecified atom stereocenters. The first-order chi connectivity index (χ1) is 8.58. The Kier molecular flexibility index (Phi) is 3.67. The molecule has 1 aromatic carbocycles. The largest absolute Gasteiger partial charge is 0.374 e. The Morgan fingerprint density at radius 2 is 2.17 bits per heavy atom. The van der Waals surface area contributed by atoms with Gasteiger partial charge in [0, 0.05) is 10.6 Å². The lowest BCUT2D eigenvalue weighted by Gasteiger charge is -2.12. The van der Waals surface area contributed by atoms with Gasteiger partial charge in [0.2, 0.25) is 5.91 Å². The lowest BCUT2D eigenvalue weighted by molar-refractivity contribution is -0.118. The van der Waals surface area contributed by atoms with E-state index in [9.17, 15) is 4.79 Å². The highest BCUT2D eigenvalue weighted by atomic mass is 32.1. The number of hydrogen-bond donors (Lipinski definition) is 2. The van der Waals surface area contributed by atoms with Crippen molar-refractivity contribution in [1.29, 1.82) is 0 Å². The quantitative estimate of drug-likeness (QED) is 0.888. The minimum absolute atomic E-state index is 0.354. The minimum Gasteiger partial charge on any atom is -0.374 e. The summed E-state index contributed by atoms with van der Waals surface area (Å²) in [7, 11) is 0. The third kappa shape index (κ3) is 2.71. The molecule has 0 bridgehead atoms. The number of primary amides is 1. The third-order valence-electron chi connectivity index (χ3n) is 2.80. The molecule has 2 rings (SSSR count). The first kappa shape index (κ1) is 12.6. The average Bonchev–Trinajstić information content (AvgIpc) is 2.75. The number of anilines is 1. The second-order valence-corrected chi connectivity index (χ2v) is 5.20. The maximum atomic E-state index is 11.0. The standard InChI is InChI=1S/C14H16N2OS/c1-9-6-7-18-13(9)11-4-3-5-12(8-11)16-10(2)14(15)17/h3-8,10,16H,1-2H3,(H2,15,17). The van der Waals surface area contributed by atoms with E-state index in [-0.39, 0.29) is 11.9 Å². The summed E-state index contributed by atoms with van der Waals surface area (Å²) in [6, 6.07) is 9.75. The minimum atomic E-state index is -0.371. The van der Waals surface area contributed by atoms with E-state index in [4.69, 9.17) is 5.73 Å². The molecule has 0 radical (unpaired) electrons. The van der Waals surface area contributed by atoms with Crippen LogP contribution in [0.5, 0.6) is 0 Å². The van der Waals surface area contributed by atoms with Crippen molar-refractivity contribution < 1.29 is 4.79 Å². The van der Waals surface area contributed by atoms with Crippen molar-refractivity contribution in [3.05, 3.63) is 41.3 Å². The van der Waals surface area contributed by atoms with Crippen LogP contribution in [0.4, 0.5) is 5.69 Å². The lowest BCUT2D eigenvalue weighted by atomic mass is 10.1. The van der Waals surface area contributed by atoms with Gasteiger partial charge in [-0.05, 0) is 48.6 Å². The third-order valence-corrected chi connectivity index (χ3v) is 3.86. The van der Waals surface area contributed by atoms with Crippen molar-refractivity contribution in [3.8, 4) is 10.4 Å². The smallest absolute Gasteiger partial charge is 0.239 e. The number of carbonyl (C=O) groups is 1. The zero-order chi connectivity index (χ0) is 13.1. The van der Waals surface area contributed by atoms with Gasteiger partial charge in [-0.1, -0.05) is 12.1 Å². The molecule has 4 heteroatoms. The maximum Gasteiger partial charge on any atom is 0.239 e. The van der Waals surface area contributed by atoms with Gasteiger partial charge < -0.3 is 11.1 Å². The number of amides is 1. The number of thiophene rings is 1. The number of benzene rings is 1. The molecule has 0 aliphatic carbocycles. The van der Waals surface area contributed by atoms with Crippen LogP contribution in [0, 0.1) is 6.92 Å². The van der Waals surface area contributed by atoms with E-state index in [1.54, 1.807) is 18.3 Å². The molecule has 0 fully saturated rings. The fourth-order valence-corrected chi connectivity index (χ4v) is 2.67. The van der Waals surface area contributed by atoms with Gasteiger partial charge in [0.25, 0.3) is 0 Å². The maximum absolute atomic E-state index is 11.0. The predicted octanol–water partition coefficient (Wildman–Crippen LogP) is 3.01. The summed E-state index contributed by atoms with van der Waals surface area (Å²) in [5.41, 5.74) is 8.57. The summed E-state index contributed by atoms with van der Waals surface area (Å²) in [6.45, 7) is 3.85. The Morgan fingerprint density at radius 1 is 1.39 bits per heavy atom. The van der Waals surface area contributed by atoms with Gasteiger partial charge in [0.1, 0.15) is 6.04 Å². The van der Waals surface area contributed by atoms with Crippen LogP contribution in [0.1, 0.15) is 12.5 Å². The van der Waals surface area contributed by atoms with E-state index in [2.05, 4.69) is 29.8 Å². The first-order valence-electron chi connectivity index (χ1n) is 5.78. The summed E-state index contributed by atoms with van der Waals surface area (Å²) in [4.78, 5) is 12.3. The van der Waals surface area contributed by atoms with Crippen molar-refractivity contribution in [2.24, 2.45) is 5.73 Å². The summed E-state index contributed by atoms with van der Waals surface area (Å²) >= 11 is 1.72. The Labute approximate surface area is 111 Å². The number of carbonyl (C=O) groups excluding carboxylic acids is 1. The van der Waals surface area contributed by atoms with E-state index in [0.717, 1.165) is 11.3 Å². The number of rotatable bonds is 4. The molecule has 18 heavy (non-hydrogen) atoms. The molecule has 0 saturated heterocycles. The van der Waals surface area contributed by atoms with Gasteiger partial charge in [-0.15, -0.1) is 11.3 Å². The van der Waals surface area contributed by atoms with Crippen LogP contribution in [0.15, 0.2) is 35.7 Å². The van der Waals surface area contributed by atoms with Gasteiger partial charge in [-0.3, -0.25) is 4.79 Å². The molecule has 0 aliphatic heterocycles. The summed E-state index contributed by atoms with van der Waals surface area (Å²) in [6.07, 6.45) is 0. The van der Waals surface area contributed by atoms with Crippen LogP contribution in [0.2, 0.25) is 0 Å². The molecule has 0 spiro atoms. The summed E-state index contributed by atoms with van der Waals surface area (Å²) in [5.74, 6) is -0.354. The molecular weight excluding hydrogens is 244 g/mol. The Bertz CT molecular complexity index is 562. The molecule has 1 aromatic heterocycles. The molecule has 0 aliphatic rings. The highest BCUT2D eigenvalue weighted by Gasteiger charge is 2.09. The number of nitrogens with two attached hydrogens (primary N) is 1. The Morgan fingerprint density at radius 3 is 2.78 bits per heavy atom. The predicted molar refractivity (Wildman–Crippen MR) is 76.8 cm³/mol. The molecular formula is C14H16N2OS. The Hall–Kier alpha value is -1.81. The average molecular weight is 260 g/mol. The highest BCUT2D eigenvalue weighted by Crippen LogP contribution is 2.30. The first-order valence-corrected chi connectivity index (χ1v) is 6.66. The van der Waals surface area contributed by atoms with E-state index in [0.29, 0.717) is 0 Å². The number of hydrogen-bond acceptors (Lipinski definition) is 3. The normalized spacial score (nSPS) is 12.1. The fraction of sp³-hybridized carbons (Fsp3) is 0.214. The van der Waals surface area contributed by atoms with E-state index in [1.807, 2.05) is 18.2 Å². The van der Waals surface area contributed by atoms with Crippen molar-refractivity contribution in [3.63, 3.8) is 0 Å². The van der Waals surface area contributed by atoms with Crippen LogP contribution >= 0.6 is 11.3 Å². The van der Waals surface area contributed by atoms with E-state index < -0.39 is 0 Å². The van der Waals surface area contributed by atoms with Crippen LogP contribution in [-0.2, 0) is 4.79 Å². The highest BCUT2D eigenvalue weighted by molar-refractivity contribution is 7.13. The summed E-state index contributed by atoms with van der Waals surface area (Å²) < 4.78 is 0. The van der Waals surface area contributed by atoms with Gasteiger partial charge >= 0.3 is 0 Å². The molecule has 3 N–H and O–H groups in total. The number of aryl methyl sites for hydroxylation is 1. The van der Waals surface area contributed by atoms with E-state index >= 15 is 0 Å². The van der Waals surface area contributed by atoms with Crippen LogP contribution in [-0.4, -0.2) is 11.9 Å². The fourth-order valence-electron chi connectivity index (χ4n) is 1.74. The zero-order valence-corrected chi connectivity index (χ0v) is 11.3. The van der Waals surface area contributed by atoms with Gasteiger partial charge in [-0.2, -0.15) is 0 Å². The van der Waals surface area contributed by atoms with Crippen LogP contribution in [0.3, 0.4) is 0 Å². The van der Waals surface area contributed by atoms with Gasteiger partial charge in [-0.25, -0.2) is 0 Å². The topological polar surface area (TPSA) is 55.1 Å². The van der Waals surface area contributed by atoms with Gasteiger partial charge in [0.15, 0.2) is 0 Å². The van der Waals surface area contributed by atoms with Crippen LogP contribution < -0.4 is 11.1 Å². The zero-order valence-electron chi connectivity index (χ0n) is 10.4. The van der Waals surface area contributed by atoms with Gasteiger partial charge in [0.05, 0.1) is 0 Å². The summed E-state index contributed by atoms with van der Waals surface area (Å²) in [5, 5.41) is 5.17. The SMILES string of the molecule is Cc1ccsc1-c1cccc(NC(C)C(N)=O)c1. The second-order valence-electron chi connectivity index (χ2n) is 4.28. The lowest BCUT2D eigenvalue weighted by Crippen LogP contribution is -2.32. The van der Waals surface area contributed by atoms with Crippen molar-refractivity contribution in [1.82, 2.24) is 0 Å². The molecule has 1 atom stereocenters. The van der Waals surface area contributed by atoms with Crippen molar-refractivity contribution in [2.75, 3.05) is 5.32 Å².